The normalized spacial score (nSPS) is 11.4. The summed E-state index contributed by atoms with van der Waals surface area (Å²) in [4.78, 5) is 36.6. The molecule has 0 bridgehead atoms. The van der Waals surface area contributed by atoms with Crippen LogP contribution in [0, 0.1) is 5.82 Å². The number of hydrogen-bond acceptors (Lipinski definition) is 4. The number of esters is 1. The van der Waals surface area contributed by atoms with Crippen LogP contribution in [0.4, 0.5) is 4.39 Å². The van der Waals surface area contributed by atoms with E-state index in [0.29, 0.717) is 10.9 Å². The number of halogens is 2. The smallest absolute Gasteiger partial charge is 0.328 e. The maximum absolute atomic E-state index is 13.3. The van der Waals surface area contributed by atoms with E-state index in [2.05, 4.69) is 26.6 Å². The first-order valence-corrected chi connectivity index (χ1v) is 9.93. The fourth-order valence-corrected chi connectivity index (χ4v) is 3.04. The Balaban J connectivity index is 1.89. The van der Waals surface area contributed by atoms with Crippen LogP contribution in [0.3, 0.4) is 0 Å². The van der Waals surface area contributed by atoms with Crippen LogP contribution in [0.25, 0.3) is 0 Å². The van der Waals surface area contributed by atoms with Crippen LogP contribution < -0.4 is 10.6 Å². The molecule has 1 unspecified atom stereocenters. The molecule has 0 aliphatic heterocycles. The highest BCUT2D eigenvalue weighted by Gasteiger charge is 2.22. The maximum Gasteiger partial charge on any atom is 0.328 e. The molecule has 0 aliphatic carbocycles. The number of hydrogen-bond donors (Lipinski definition) is 2. The van der Waals surface area contributed by atoms with E-state index in [0.717, 1.165) is 11.6 Å². The minimum absolute atomic E-state index is 0.0362. The highest BCUT2D eigenvalue weighted by atomic mass is 79.9. The van der Waals surface area contributed by atoms with Crippen molar-refractivity contribution in [1.82, 2.24) is 10.6 Å². The Morgan fingerprint density at radius 2 is 1.86 bits per heavy atom. The lowest BCUT2D eigenvalue weighted by atomic mass is 10.1. The molecular weight excluding hydrogens is 443 g/mol. The number of nitrogens with one attached hydrogen (secondary N) is 2. The molecule has 0 aliphatic rings. The molecule has 154 valence electrons. The van der Waals surface area contributed by atoms with Gasteiger partial charge in [-0.05, 0) is 46.6 Å². The Kier molecular flexibility index (Phi) is 8.79. The van der Waals surface area contributed by atoms with E-state index in [9.17, 15) is 18.8 Å². The molecule has 2 aromatic carbocycles. The summed E-state index contributed by atoms with van der Waals surface area (Å²) < 4.78 is 18.8. The van der Waals surface area contributed by atoms with Gasteiger partial charge in [-0.3, -0.25) is 9.59 Å². The number of carbonyl (C=O) groups excluding carboxylic acids is 3. The number of benzene rings is 2. The van der Waals surface area contributed by atoms with Gasteiger partial charge < -0.3 is 15.4 Å². The van der Waals surface area contributed by atoms with Crippen molar-refractivity contribution < 1.29 is 23.5 Å². The Morgan fingerprint density at radius 1 is 1.14 bits per heavy atom. The van der Waals surface area contributed by atoms with Crippen LogP contribution in [0.5, 0.6) is 0 Å². The van der Waals surface area contributed by atoms with Gasteiger partial charge >= 0.3 is 5.97 Å². The van der Waals surface area contributed by atoms with Gasteiger partial charge in [0.2, 0.25) is 5.91 Å². The zero-order valence-electron chi connectivity index (χ0n) is 15.9. The minimum Gasteiger partial charge on any atom is -0.464 e. The van der Waals surface area contributed by atoms with Gasteiger partial charge in [0, 0.05) is 23.9 Å². The summed E-state index contributed by atoms with van der Waals surface area (Å²) in [5.41, 5.74) is 1.02. The predicted octanol–water partition coefficient (Wildman–Crippen LogP) is 3.00. The molecule has 2 rings (SSSR count). The van der Waals surface area contributed by atoms with Crippen LogP contribution in [-0.4, -0.2) is 37.0 Å². The average Bonchev–Trinajstić information content (AvgIpc) is 2.70. The minimum atomic E-state index is -0.821. The summed E-state index contributed by atoms with van der Waals surface area (Å²) in [6, 6.07) is 12.2. The molecule has 0 spiro atoms. The summed E-state index contributed by atoms with van der Waals surface area (Å²) in [6.45, 7) is 1.94. The SMILES string of the molecule is CCOC(=O)C(Cc1ccccc1)NC(=O)CCNC(=O)c1cc(F)ccc1Br. The molecule has 0 radical (unpaired) electrons. The third kappa shape index (κ3) is 7.30. The van der Waals surface area contributed by atoms with Crippen molar-refractivity contribution in [2.24, 2.45) is 0 Å². The maximum atomic E-state index is 13.3. The van der Waals surface area contributed by atoms with Crippen molar-refractivity contribution in [3.05, 3.63) is 69.9 Å². The molecular formula is C21H22BrFN2O4. The first-order chi connectivity index (χ1) is 13.9. The molecule has 0 saturated heterocycles. The highest BCUT2D eigenvalue weighted by molar-refractivity contribution is 9.10. The van der Waals surface area contributed by atoms with E-state index in [1.54, 1.807) is 6.92 Å². The van der Waals surface area contributed by atoms with Crippen molar-refractivity contribution in [3.8, 4) is 0 Å². The van der Waals surface area contributed by atoms with Gasteiger partial charge in [-0.2, -0.15) is 0 Å². The summed E-state index contributed by atoms with van der Waals surface area (Å²) >= 11 is 3.19. The first kappa shape index (κ1) is 22.5. The lowest BCUT2D eigenvalue weighted by Crippen LogP contribution is -2.44. The standard InChI is InChI=1S/C21H22BrFN2O4/c1-2-29-21(28)18(12-14-6-4-3-5-7-14)25-19(26)10-11-24-20(27)16-13-15(23)8-9-17(16)22/h3-9,13,18H,2,10-12H2,1H3,(H,24,27)(H,25,26). The predicted molar refractivity (Wildman–Crippen MR) is 110 cm³/mol. The second kappa shape index (κ2) is 11.3. The molecule has 0 saturated carbocycles. The Hall–Kier alpha value is -2.74. The topological polar surface area (TPSA) is 84.5 Å². The van der Waals surface area contributed by atoms with Gasteiger partial charge in [0.1, 0.15) is 11.9 Å². The van der Waals surface area contributed by atoms with Crippen LogP contribution >= 0.6 is 15.9 Å². The van der Waals surface area contributed by atoms with E-state index in [4.69, 9.17) is 4.74 Å². The largest absolute Gasteiger partial charge is 0.464 e. The first-order valence-electron chi connectivity index (χ1n) is 9.14. The Bertz CT molecular complexity index is 861. The molecule has 29 heavy (non-hydrogen) atoms. The van der Waals surface area contributed by atoms with Gasteiger partial charge in [-0.25, -0.2) is 9.18 Å². The molecule has 2 aromatic rings. The summed E-state index contributed by atoms with van der Waals surface area (Å²) in [6.07, 6.45) is 0.261. The van der Waals surface area contributed by atoms with Crippen LogP contribution in [0.2, 0.25) is 0 Å². The fourth-order valence-electron chi connectivity index (χ4n) is 2.61. The molecule has 0 heterocycles. The van der Waals surface area contributed by atoms with E-state index >= 15 is 0 Å². The van der Waals surface area contributed by atoms with E-state index in [1.807, 2.05) is 30.3 Å². The molecule has 0 aromatic heterocycles. The average molecular weight is 465 g/mol. The van der Waals surface area contributed by atoms with E-state index in [1.165, 1.54) is 12.1 Å². The van der Waals surface area contributed by atoms with Gasteiger partial charge in [0.25, 0.3) is 5.91 Å². The summed E-state index contributed by atoms with van der Waals surface area (Å²) in [5, 5.41) is 5.21. The van der Waals surface area contributed by atoms with Crippen LogP contribution in [-0.2, 0) is 20.7 Å². The third-order valence-electron chi connectivity index (χ3n) is 4.00. The summed E-state index contributed by atoms with van der Waals surface area (Å²) in [7, 11) is 0. The quantitative estimate of drug-likeness (QED) is 0.558. The highest BCUT2D eigenvalue weighted by Crippen LogP contribution is 2.17. The second-order valence-corrected chi connectivity index (χ2v) is 7.05. The molecule has 2 amide bonds. The van der Waals surface area contributed by atoms with Gasteiger partial charge in [0.05, 0.1) is 12.2 Å². The number of amides is 2. The summed E-state index contributed by atoms with van der Waals surface area (Å²) in [5.74, 6) is -1.96. The third-order valence-corrected chi connectivity index (χ3v) is 4.69. The molecule has 1 atom stereocenters. The van der Waals surface area contributed by atoms with Crippen molar-refractivity contribution in [2.45, 2.75) is 25.8 Å². The monoisotopic (exact) mass is 464 g/mol. The number of ether oxygens (including phenoxy) is 1. The lowest BCUT2D eigenvalue weighted by Gasteiger charge is -2.17. The molecule has 0 fully saturated rings. The van der Waals surface area contributed by atoms with Crippen molar-refractivity contribution in [1.29, 1.82) is 0 Å². The Labute approximate surface area is 177 Å². The Morgan fingerprint density at radius 3 is 2.55 bits per heavy atom. The fraction of sp³-hybridized carbons (Fsp3) is 0.286. The second-order valence-electron chi connectivity index (χ2n) is 6.19. The molecule has 6 nitrogen and oxygen atoms in total. The van der Waals surface area contributed by atoms with Crippen molar-refractivity contribution in [2.75, 3.05) is 13.2 Å². The van der Waals surface area contributed by atoms with Crippen molar-refractivity contribution >= 4 is 33.7 Å². The van der Waals surface area contributed by atoms with Crippen LogP contribution in [0.1, 0.15) is 29.3 Å². The molecule has 8 heteroatoms. The van der Waals surface area contributed by atoms with E-state index < -0.39 is 29.6 Å². The zero-order valence-corrected chi connectivity index (χ0v) is 17.5. The van der Waals surface area contributed by atoms with Gasteiger partial charge in [0.15, 0.2) is 0 Å². The lowest BCUT2D eigenvalue weighted by molar-refractivity contribution is -0.147. The van der Waals surface area contributed by atoms with Gasteiger partial charge in [-0.1, -0.05) is 30.3 Å². The van der Waals surface area contributed by atoms with Gasteiger partial charge in [-0.15, -0.1) is 0 Å². The number of carbonyl (C=O) groups is 3. The molecule has 2 N–H and O–H groups in total. The van der Waals surface area contributed by atoms with E-state index in [-0.39, 0.29) is 25.1 Å². The van der Waals surface area contributed by atoms with Crippen LogP contribution in [0.15, 0.2) is 53.0 Å². The number of rotatable bonds is 9. The van der Waals surface area contributed by atoms with Crippen molar-refractivity contribution in [3.63, 3.8) is 0 Å². The zero-order chi connectivity index (χ0) is 21.2.